The van der Waals surface area contributed by atoms with Gasteiger partial charge >= 0.3 is 13.3 Å². The second-order valence-corrected chi connectivity index (χ2v) is 7.53. The Morgan fingerprint density at radius 2 is 1.35 bits per heavy atom. The van der Waals surface area contributed by atoms with Crippen molar-refractivity contribution in [2.75, 3.05) is 6.61 Å². The molecule has 2 aromatic rings. The summed E-state index contributed by atoms with van der Waals surface area (Å²) in [6.07, 6.45) is -0.847. The first-order chi connectivity index (χ1) is 12.4. The Hall–Kier alpha value is -1.92. The summed E-state index contributed by atoms with van der Waals surface area (Å²) in [6, 6.07) is 16.6. The maximum atomic E-state index is 14.5. The third-order valence-corrected chi connectivity index (χ3v) is 5.38. The van der Waals surface area contributed by atoms with Crippen LogP contribution in [0.3, 0.4) is 0 Å². The van der Waals surface area contributed by atoms with E-state index < -0.39 is 45.3 Å². The van der Waals surface area contributed by atoms with Crippen LogP contribution >= 0.6 is 7.60 Å². The zero-order chi connectivity index (χ0) is 19.0. The van der Waals surface area contributed by atoms with Gasteiger partial charge in [-0.3, -0.25) is 18.4 Å². The fourth-order valence-corrected chi connectivity index (χ4v) is 3.53. The van der Waals surface area contributed by atoms with E-state index in [1.165, 1.54) is 0 Å². The lowest BCUT2D eigenvalue weighted by Gasteiger charge is -2.25. The first-order valence-corrected chi connectivity index (χ1v) is 9.42. The van der Waals surface area contributed by atoms with Gasteiger partial charge in [0.15, 0.2) is 0 Å². The second kappa shape index (κ2) is 9.14. The lowest BCUT2D eigenvalue weighted by molar-refractivity contribution is -0.136. The molecule has 0 aliphatic rings. The van der Waals surface area contributed by atoms with Crippen molar-refractivity contribution in [3.8, 4) is 0 Å². The summed E-state index contributed by atoms with van der Waals surface area (Å²) in [5, 5.41) is 8.76. The predicted molar refractivity (Wildman–Crippen MR) is 91.7 cm³/mol. The van der Waals surface area contributed by atoms with Gasteiger partial charge in [0, 0.05) is 6.42 Å². The molecule has 26 heavy (non-hydrogen) atoms. The summed E-state index contributed by atoms with van der Waals surface area (Å²) in [5.41, 5.74) is -3.36. The average molecular weight is 384 g/mol. The van der Waals surface area contributed by atoms with Crippen molar-refractivity contribution in [1.29, 1.82) is 0 Å². The first kappa shape index (κ1) is 20.4. The molecule has 0 bridgehead atoms. The Morgan fingerprint density at radius 1 is 0.923 bits per heavy atom. The van der Waals surface area contributed by atoms with Gasteiger partial charge in [0.25, 0.3) is 0 Å². The molecule has 8 heteroatoms. The number of rotatable bonds is 10. The number of benzene rings is 2. The van der Waals surface area contributed by atoms with Crippen LogP contribution in [0.5, 0.6) is 0 Å². The fraction of sp³-hybridized carbons (Fsp3) is 0.278. The Balaban J connectivity index is 2.21. The monoisotopic (exact) mass is 384 g/mol. The molecule has 0 aromatic heterocycles. The molecule has 2 aromatic carbocycles. The van der Waals surface area contributed by atoms with E-state index in [1.807, 2.05) is 0 Å². The molecule has 2 rings (SSSR count). The molecular weight excluding hydrogens is 365 g/mol. The molecule has 0 heterocycles. The second-order valence-electron chi connectivity index (χ2n) is 5.45. The smallest absolute Gasteiger partial charge is 0.396 e. The molecule has 0 aliphatic carbocycles. The number of alkyl halides is 2. The average Bonchev–Trinajstić information content (AvgIpc) is 2.66. The summed E-state index contributed by atoms with van der Waals surface area (Å²) >= 11 is 0. The van der Waals surface area contributed by atoms with E-state index in [0.29, 0.717) is 11.1 Å². The SMILES string of the molecule is O=C(CCO)C(F)(F)P(=O)(OCc1ccccc1)OCc1ccccc1. The fourth-order valence-electron chi connectivity index (χ4n) is 2.07. The lowest BCUT2D eigenvalue weighted by Crippen LogP contribution is -2.31. The van der Waals surface area contributed by atoms with Gasteiger partial charge in [0.05, 0.1) is 19.8 Å². The highest BCUT2D eigenvalue weighted by Crippen LogP contribution is 2.63. The van der Waals surface area contributed by atoms with Crippen molar-refractivity contribution >= 4 is 13.4 Å². The molecule has 0 atom stereocenters. The molecule has 5 nitrogen and oxygen atoms in total. The number of hydrogen-bond acceptors (Lipinski definition) is 5. The normalized spacial score (nSPS) is 12.1. The van der Waals surface area contributed by atoms with Crippen molar-refractivity contribution in [2.45, 2.75) is 25.3 Å². The largest absolute Gasteiger partial charge is 0.408 e. The zero-order valence-electron chi connectivity index (χ0n) is 13.9. The van der Waals surface area contributed by atoms with Crippen LogP contribution < -0.4 is 0 Å². The highest BCUT2D eigenvalue weighted by atomic mass is 31.2. The molecule has 0 fully saturated rings. The van der Waals surface area contributed by atoms with Gasteiger partial charge in [-0.05, 0) is 11.1 Å². The van der Waals surface area contributed by atoms with Gasteiger partial charge in [-0.25, -0.2) is 0 Å². The maximum Gasteiger partial charge on any atom is 0.408 e. The van der Waals surface area contributed by atoms with Crippen molar-refractivity contribution in [2.24, 2.45) is 0 Å². The number of Topliss-reactive ketones (excluding diaryl/α,β-unsaturated/α-hetero) is 1. The number of aliphatic hydroxyl groups is 1. The number of carbonyl (C=O) groups is 1. The van der Waals surface area contributed by atoms with Crippen LogP contribution in [-0.2, 0) is 31.6 Å². The highest BCUT2D eigenvalue weighted by Gasteiger charge is 2.59. The quantitative estimate of drug-likeness (QED) is 0.623. The van der Waals surface area contributed by atoms with Crippen LogP contribution in [0.2, 0.25) is 0 Å². The zero-order valence-corrected chi connectivity index (χ0v) is 14.8. The predicted octanol–water partition coefficient (Wildman–Crippen LogP) is 4.16. The number of ketones is 1. The van der Waals surface area contributed by atoms with Gasteiger partial charge < -0.3 is 5.11 Å². The number of carbonyl (C=O) groups excluding carboxylic acids is 1. The molecule has 140 valence electrons. The third-order valence-electron chi connectivity index (χ3n) is 3.51. The molecule has 1 N–H and O–H groups in total. The minimum absolute atomic E-state index is 0.408. The van der Waals surface area contributed by atoms with E-state index in [0.717, 1.165) is 0 Å². The molecule has 0 unspecified atom stereocenters. The van der Waals surface area contributed by atoms with E-state index in [4.69, 9.17) is 14.2 Å². The molecule has 0 amide bonds. The van der Waals surface area contributed by atoms with Crippen molar-refractivity contribution < 1.29 is 32.3 Å². The maximum absolute atomic E-state index is 14.5. The summed E-state index contributed by atoms with van der Waals surface area (Å²) in [6.45, 7) is -1.60. The molecule has 0 saturated carbocycles. The van der Waals surface area contributed by atoms with Crippen molar-refractivity contribution in [3.05, 3.63) is 71.8 Å². The van der Waals surface area contributed by atoms with E-state index in [2.05, 4.69) is 0 Å². The summed E-state index contributed by atoms with van der Waals surface area (Å²) < 4.78 is 51.7. The lowest BCUT2D eigenvalue weighted by atomic mass is 10.2. The van der Waals surface area contributed by atoms with E-state index in [9.17, 15) is 18.1 Å². The minimum atomic E-state index is -5.13. The van der Waals surface area contributed by atoms with Gasteiger partial charge in [-0.1, -0.05) is 60.7 Å². The summed E-state index contributed by atoms with van der Waals surface area (Å²) in [5.74, 6) is -1.69. The van der Waals surface area contributed by atoms with Crippen LogP contribution in [0.25, 0.3) is 0 Å². The summed E-state index contributed by atoms with van der Waals surface area (Å²) in [7, 11) is -5.13. The molecule has 0 saturated heterocycles. The van der Waals surface area contributed by atoms with Crippen LogP contribution in [0.4, 0.5) is 8.78 Å². The summed E-state index contributed by atoms with van der Waals surface area (Å²) in [4.78, 5) is 11.7. The Bertz CT molecular complexity index is 705. The van der Waals surface area contributed by atoms with Crippen molar-refractivity contribution in [1.82, 2.24) is 0 Å². The Labute approximate surface area is 150 Å². The number of halogens is 2. The van der Waals surface area contributed by atoms with Gasteiger partial charge in [-0.15, -0.1) is 0 Å². The third kappa shape index (κ3) is 5.05. The number of hydrogen-bond donors (Lipinski definition) is 1. The van der Waals surface area contributed by atoms with Crippen molar-refractivity contribution in [3.63, 3.8) is 0 Å². The standard InChI is InChI=1S/C18H19F2O5P/c19-18(20,17(22)11-12-21)26(23,24-13-15-7-3-1-4-8-15)25-14-16-9-5-2-6-10-16/h1-10,21H,11-14H2. The topological polar surface area (TPSA) is 72.8 Å². The van der Waals surface area contributed by atoms with Crippen LogP contribution in [0.15, 0.2) is 60.7 Å². The van der Waals surface area contributed by atoms with Crippen LogP contribution in [-0.4, -0.2) is 23.2 Å². The minimum Gasteiger partial charge on any atom is -0.396 e. The molecule has 0 radical (unpaired) electrons. The van der Waals surface area contributed by atoms with Gasteiger partial charge in [0.2, 0.25) is 5.78 Å². The molecule has 0 aliphatic heterocycles. The Kier molecular flexibility index (Phi) is 7.17. The molecule has 0 spiro atoms. The molecular formula is C18H19F2O5P. The highest BCUT2D eigenvalue weighted by molar-refractivity contribution is 7.56. The van der Waals surface area contributed by atoms with E-state index in [-0.39, 0.29) is 0 Å². The van der Waals surface area contributed by atoms with E-state index in [1.54, 1.807) is 60.7 Å². The van der Waals surface area contributed by atoms with Gasteiger partial charge in [0.1, 0.15) is 0 Å². The first-order valence-electron chi connectivity index (χ1n) is 7.88. The van der Waals surface area contributed by atoms with Crippen LogP contribution in [0, 0.1) is 0 Å². The van der Waals surface area contributed by atoms with Crippen LogP contribution in [0.1, 0.15) is 17.5 Å². The number of aliphatic hydroxyl groups excluding tert-OH is 1. The van der Waals surface area contributed by atoms with Gasteiger partial charge in [-0.2, -0.15) is 8.78 Å². The Morgan fingerprint density at radius 3 is 1.73 bits per heavy atom. The van der Waals surface area contributed by atoms with E-state index >= 15 is 0 Å².